The minimum atomic E-state index is 0.808. The molecule has 0 radical (unpaired) electrons. The smallest absolute Gasteiger partial charge is 0.222 e. The first-order chi connectivity index (χ1) is 5.29. The van der Waals surface area contributed by atoms with Gasteiger partial charge in [0.25, 0.3) is 0 Å². The van der Waals surface area contributed by atoms with Crippen molar-refractivity contribution in [2.75, 3.05) is 0 Å². The predicted molar refractivity (Wildman–Crippen MR) is 48.1 cm³/mol. The van der Waals surface area contributed by atoms with Gasteiger partial charge in [0.1, 0.15) is 6.57 Å². The van der Waals surface area contributed by atoms with Gasteiger partial charge in [0.05, 0.1) is 18.8 Å². The van der Waals surface area contributed by atoms with E-state index in [-0.39, 0.29) is 0 Å². The highest BCUT2D eigenvalue weighted by Gasteiger charge is 2.10. The standard InChI is InChI=1S/C9H11N2/c1-4-5-8-6-7-11(3)9(8)10-2/h2,4-7H,1,3H3/q+1. The lowest BCUT2D eigenvalue weighted by Crippen LogP contribution is -1.80. The van der Waals surface area contributed by atoms with Gasteiger partial charge in [-0.15, -0.1) is 0 Å². The molecule has 1 aromatic rings. The van der Waals surface area contributed by atoms with Gasteiger partial charge in [-0.25, -0.2) is 4.57 Å². The summed E-state index contributed by atoms with van der Waals surface area (Å²) in [7, 11) is 1.92. The number of nitrogens with zero attached hydrogens (tertiary/aromatic N) is 2. The van der Waals surface area contributed by atoms with Crippen LogP contribution in [0.5, 0.6) is 0 Å². The maximum atomic E-state index is 5.20. The second kappa shape index (κ2) is 3.07. The molecule has 11 heavy (non-hydrogen) atoms. The summed E-state index contributed by atoms with van der Waals surface area (Å²) in [6.07, 6.45) is 5.87. The van der Waals surface area contributed by atoms with Crippen molar-refractivity contribution < 1.29 is 0 Å². The summed E-state index contributed by atoms with van der Waals surface area (Å²) in [5.74, 6) is 0.808. The Labute approximate surface area is 66.6 Å². The van der Waals surface area contributed by atoms with E-state index in [1.807, 2.05) is 43.0 Å². The highest BCUT2D eigenvalue weighted by atomic mass is 15.0. The molecule has 2 nitrogen and oxygen atoms in total. The van der Waals surface area contributed by atoms with Crippen molar-refractivity contribution in [2.24, 2.45) is 7.05 Å². The summed E-state index contributed by atoms with van der Waals surface area (Å²) < 4.78 is 1.88. The Kier molecular flexibility index (Phi) is 2.12. The molecule has 56 valence electrons. The van der Waals surface area contributed by atoms with E-state index >= 15 is 0 Å². The molecule has 0 aliphatic heterocycles. The zero-order valence-electron chi connectivity index (χ0n) is 6.78. The first kappa shape index (κ1) is 7.62. The first-order valence-corrected chi connectivity index (χ1v) is 3.48. The van der Waals surface area contributed by atoms with E-state index in [0.29, 0.717) is 0 Å². The molecular formula is C9H11N2+. The number of aryl methyl sites for hydroxylation is 1. The highest BCUT2D eigenvalue weighted by Crippen LogP contribution is 2.20. The lowest BCUT2D eigenvalue weighted by atomic mass is 10.3. The van der Waals surface area contributed by atoms with E-state index in [1.54, 1.807) is 0 Å². The lowest BCUT2D eigenvalue weighted by Gasteiger charge is -1.82. The van der Waals surface area contributed by atoms with Crippen molar-refractivity contribution >= 4 is 11.9 Å². The summed E-state index contributed by atoms with van der Waals surface area (Å²) in [5, 5.41) is 0. The fourth-order valence-electron chi connectivity index (χ4n) is 1.02. The fourth-order valence-corrected chi connectivity index (χ4v) is 1.02. The predicted octanol–water partition coefficient (Wildman–Crippen LogP) is 2.65. The second-order valence-electron chi connectivity index (χ2n) is 2.33. The summed E-state index contributed by atoms with van der Waals surface area (Å²) in [4.78, 5) is 3.66. The first-order valence-electron chi connectivity index (χ1n) is 3.48. The fraction of sp³-hybridized carbons (Fsp3) is 0.222. The van der Waals surface area contributed by atoms with Crippen LogP contribution < -0.4 is 0 Å². The third-order valence-electron chi connectivity index (χ3n) is 1.54. The minimum absolute atomic E-state index is 0.808. The minimum Gasteiger partial charge on any atom is -0.222 e. The number of allylic oxidation sites excluding steroid dienone is 1. The quantitative estimate of drug-likeness (QED) is 0.577. The monoisotopic (exact) mass is 147 g/mol. The molecule has 0 fully saturated rings. The van der Waals surface area contributed by atoms with Crippen molar-refractivity contribution in [1.29, 1.82) is 0 Å². The molecule has 0 atom stereocenters. The third-order valence-corrected chi connectivity index (χ3v) is 1.54. The largest absolute Gasteiger partial charge is 0.392 e. The zero-order valence-corrected chi connectivity index (χ0v) is 6.78. The summed E-state index contributed by atoms with van der Waals surface area (Å²) in [6, 6.07) is 1.98. The average Bonchev–Trinajstić information content (AvgIpc) is 2.33. The molecule has 2 heteroatoms. The molecule has 0 saturated carbocycles. The van der Waals surface area contributed by atoms with Crippen LogP contribution in [0.4, 0.5) is 5.82 Å². The molecule has 1 aromatic heterocycles. The molecule has 0 bridgehead atoms. The SMILES string of the molecule is C#[N+]c1c(C=CC)ccn1C. The van der Waals surface area contributed by atoms with E-state index in [1.165, 1.54) is 0 Å². The van der Waals surface area contributed by atoms with Crippen LogP contribution >= 0.6 is 0 Å². The number of hydrogen-bond acceptors (Lipinski definition) is 0. The zero-order chi connectivity index (χ0) is 8.27. The van der Waals surface area contributed by atoms with Gasteiger partial charge < -0.3 is 0 Å². The van der Waals surface area contributed by atoms with Crippen LogP contribution in [0, 0.1) is 6.57 Å². The molecule has 0 aliphatic rings. The maximum absolute atomic E-state index is 5.20. The van der Waals surface area contributed by atoms with Gasteiger partial charge >= 0.3 is 5.82 Å². The third kappa shape index (κ3) is 1.32. The maximum Gasteiger partial charge on any atom is 0.392 e. The normalized spacial score (nSPS) is 10.3. The number of rotatable bonds is 1. The molecule has 0 N–H and O–H groups in total. The summed E-state index contributed by atoms with van der Waals surface area (Å²) in [6.45, 7) is 7.16. The van der Waals surface area contributed by atoms with Gasteiger partial charge in [-0.1, -0.05) is 6.08 Å². The second-order valence-corrected chi connectivity index (χ2v) is 2.33. The molecular weight excluding hydrogens is 136 g/mol. The molecule has 0 amide bonds. The lowest BCUT2D eigenvalue weighted by molar-refractivity contribution is 0.947. The van der Waals surface area contributed by atoms with Gasteiger partial charge in [0, 0.05) is 0 Å². The van der Waals surface area contributed by atoms with Gasteiger partial charge in [-0.05, 0) is 19.1 Å². The Balaban J connectivity index is 3.18. The van der Waals surface area contributed by atoms with Gasteiger partial charge in [-0.2, -0.15) is 4.85 Å². The Morgan fingerprint density at radius 3 is 2.91 bits per heavy atom. The Morgan fingerprint density at radius 1 is 1.64 bits per heavy atom. The molecule has 0 spiro atoms. The van der Waals surface area contributed by atoms with Crippen LogP contribution in [0.25, 0.3) is 10.9 Å². The summed E-state index contributed by atoms with van der Waals surface area (Å²) >= 11 is 0. The Hall–Kier alpha value is -1.49. The van der Waals surface area contributed by atoms with E-state index in [4.69, 9.17) is 6.57 Å². The van der Waals surface area contributed by atoms with Gasteiger partial charge in [-0.3, -0.25) is 0 Å². The summed E-state index contributed by atoms with van der Waals surface area (Å²) in [5.41, 5.74) is 1.05. The van der Waals surface area contributed by atoms with Crippen LogP contribution in [0.2, 0.25) is 0 Å². The van der Waals surface area contributed by atoms with E-state index in [2.05, 4.69) is 4.85 Å². The molecule has 0 aromatic carbocycles. The van der Waals surface area contributed by atoms with Gasteiger partial charge in [0.2, 0.25) is 0 Å². The van der Waals surface area contributed by atoms with Crippen LogP contribution in [0.3, 0.4) is 0 Å². The Bertz CT molecular complexity index is 313. The highest BCUT2D eigenvalue weighted by molar-refractivity contribution is 5.64. The molecule has 0 unspecified atom stereocenters. The van der Waals surface area contributed by atoms with E-state index in [9.17, 15) is 0 Å². The van der Waals surface area contributed by atoms with Crippen LogP contribution in [0.15, 0.2) is 18.3 Å². The van der Waals surface area contributed by atoms with Crippen molar-refractivity contribution in [3.05, 3.63) is 28.7 Å². The van der Waals surface area contributed by atoms with Crippen LogP contribution in [0.1, 0.15) is 12.5 Å². The molecule has 0 saturated heterocycles. The van der Waals surface area contributed by atoms with E-state index in [0.717, 1.165) is 11.4 Å². The van der Waals surface area contributed by atoms with Crippen molar-refractivity contribution in [3.8, 4) is 6.57 Å². The van der Waals surface area contributed by atoms with E-state index < -0.39 is 0 Å². The number of hydrogen-bond donors (Lipinski definition) is 0. The van der Waals surface area contributed by atoms with Crippen molar-refractivity contribution in [1.82, 2.24) is 4.57 Å². The van der Waals surface area contributed by atoms with Crippen molar-refractivity contribution in [3.63, 3.8) is 0 Å². The van der Waals surface area contributed by atoms with Crippen molar-refractivity contribution in [2.45, 2.75) is 6.92 Å². The molecule has 0 aliphatic carbocycles. The number of aromatic nitrogens is 1. The Morgan fingerprint density at radius 2 is 2.36 bits per heavy atom. The molecule has 1 rings (SSSR count). The molecule has 1 heterocycles. The topological polar surface area (TPSA) is 9.29 Å². The average molecular weight is 147 g/mol. The van der Waals surface area contributed by atoms with Gasteiger partial charge in [0.15, 0.2) is 0 Å². The van der Waals surface area contributed by atoms with Crippen LogP contribution in [-0.2, 0) is 7.05 Å². The van der Waals surface area contributed by atoms with Crippen LogP contribution in [-0.4, -0.2) is 4.57 Å².